The molecule has 0 radical (unpaired) electrons. The summed E-state index contributed by atoms with van der Waals surface area (Å²) in [6.45, 7) is 0. The van der Waals surface area contributed by atoms with E-state index in [4.69, 9.17) is 29.3 Å². The summed E-state index contributed by atoms with van der Waals surface area (Å²) in [6.07, 6.45) is 0. The topological polar surface area (TPSA) is 135 Å². The first-order valence-electron chi connectivity index (χ1n) is 1.68. The van der Waals surface area contributed by atoms with Gasteiger partial charge in [0.25, 0.3) is 0 Å². The lowest BCUT2D eigenvalue weighted by Crippen LogP contribution is -1.72. The van der Waals surface area contributed by atoms with Crippen molar-refractivity contribution in [1.29, 1.82) is 0 Å². The Hall–Kier alpha value is 0.130. The zero-order chi connectivity index (χ0) is 8.78. The summed E-state index contributed by atoms with van der Waals surface area (Å²) in [7, 11) is -6.95. The maximum Gasteiger partial charge on any atom is 0.388 e. The molecule has 9 heteroatoms. The van der Waals surface area contributed by atoms with Crippen molar-refractivity contribution in [3.05, 3.63) is 0 Å². The maximum absolute atomic E-state index is 9.33. The van der Waals surface area contributed by atoms with Gasteiger partial charge < -0.3 is 24.5 Å². The van der Waals surface area contributed by atoms with Crippen molar-refractivity contribution < 1.29 is 33.8 Å². The van der Waals surface area contributed by atoms with Gasteiger partial charge in [-0.1, -0.05) is 0 Å². The molecule has 0 saturated carbocycles. The summed E-state index contributed by atoms with van der Waals surface area (Å²) in [6, 6.07) is -0.396. The predicted molar refractivity (Wildman–Crippen MR) is 32.4 cm³/mol. The minimum atomic E-state index is -4.33. The molecule has 0 aromatic rings. The lowest BCUT2D eigenvalue weighted by atomic mass is 11.8. The van der Waals surface area contributed by atoms with Crippen LogP contribution in [-0.2, 0) is 9.36 Å². The first-order valence-corrected chi connectivity index (χ1v) is 4.56. The van der Waals surface area contributed by atoms with Gasteiger partial charge >= 0.3 is 16.2 Å². The molecule has 0 unspecified atom stereocenters. The molecule has 10 heavy (non-hydrogen) atoms. The summed E-state index contributed by atoms with van der Waals surface area (Å²) in [5.74, 6) is 0. The van der Waals surface area contributed by atoms with E-state index in [-0.39, 0.29) is 0 Å². The lowest BCUT2D eigenvalue weighted by Gasteiger charge is -1.83. The molecule has 0 rings (SSSR count). The summed E-state index contributed by atoms with van der Waals surface area (Å²) < 4.78 is 9.33. The van der Waals surface area contributed by atoms with Crippen LogP contribution in [0.15, 0.2) is 0 Å². The Kier molecular flexibility index (Phi) is 7.51. The average molecular weight is 192 g/mol. The summed E-state index contributed by atoms with van der Waals surface area (Å²) in [4.78, 5) is 45.9. The highest BCUT2D eigenvalue weighted by Gasteiger charge is 2.06. The highest BCUT2D eigenvalue weighted by atomic mass is 31.2. The molecule has 0 saturated heterocycles. The van der Waals surface area contributed by atoms with Crippen LogP contribution in [0.4, 0.5) is 0 Å². The van der Waals surface area contributed by atoms with Crippen LogP contribution in [0.2, 0.25) is 0 Å². The second-order valence-corrected chi connectivity index (χ2v) is 2.89. The molecule has 0 heterocycles. The van der Waals surface area contributed by atoms with Crippen LogP contribution in [0.1, 0.15) is 0 Å². The minimum absolute atomic E-state index is 0.396. The molecule has 0 fully saturated rings. The van der Waals surface area contributed by atoms with Crippen LogP contribution in [0, 0.1) is 0 Å². The van der Waals surface area contributed by atoms with Gasteiger partial charge in [0.2, 0.25) is 6.03 Å². The van der Waals surface area contributed by atoms with Crippen molar-refractivity contribution >= 4 is 22.2 Å². The fourth-order valence-corrected chi connectivity index (χ4v) is 0. The lowest BCUT2D eigenvalue weighted by molar-refractivity contribution is 0.368. The van der Waals surface area contributed by atoms with Crippen molar-refractivity contribution in [3.8, 4) is 0 Å². The van der Waals surface area contributed by atoms with Crippen LogP contribution >= 0.6 is 16.2 Å². The average Bonchev–Trinajstić information content (AvgIpc) is 1.63. The van der Waals surface area contributed by atoms with E-state index in [0.717, 1.165) is 0 Å². The van der Waals surface area contributed by atoms with E-state index in [2.05, 4.69) is 0 Å². The fraction of sp³-hybridized carbons (Fsp3) is 0. The van der Waals surface area contributed by atoms with E-state index >= 15 is 0 Å². The highest BCUT2D eigenvalue weighted by molar-refractivity contribution is 7.67. The predicted octanol–water partition coefficient (Wildman–Crippen LogP) is -1.46. The maximum atomic E-state index is 9.33. The molecule has 0 bridgehead atoms. The largest absolute Gasteiger partial charge is 0.388 e. The number of carbonyl (C=O) groups excluding carboxylic acids is 1. The van der Waals surface area contributed by atoms with Crippen molar-refractivity contribution in [3.63, 3.8) is 0 Å². The normalized spacial score (nSPS) is 10.2. The third-order valence-electron chi connectivity index (χ3n) is 0.137. The molecule has 0 aromatic carbocycles. The highest BCUT2D eigenvalue weighted by Crippen LogP contribution is 2.28. The molecule has 0 aliphatic heterocycles. The molecule has 0 spiro atoms. The third-order valence-corrected chi connectivity index (χ3v) is 0.412. The van der Waals surface area contributed by atoms with E-state index in [9.17, 15) is 4.57 Å². The molecule has 0 aliphatic carbocycles. The fourth-order valence-electron chi connectivity index (χ4n) is 0. The number of rotatable bonds is 1. The second kappa shape index (κ2) is 5.88. The molecule has 7 nitrogen and oxygen atoms in total. The van der Waals surface area contributed by atoms with Gasteiger partial charge in [0.1, 0.15) is 0 Å². The van der Waals surface area contributed by atoms with Crippen LogP contribution in [-0.4, -0.2) is 30.5 Å². The zero-order valence-corrected chi connectivity index (χ0v) is 6.31. The summed E-state index contributed by atoms with van der Waals surface area (Å²) in [5, 5.41) is 0. The number of carbonyl (C=O) groups is 1. The first kappa shape index (κ1) is 12.8. The van der Waals surface area contributed by atoms with Gasteiger partial charge in [-0.25, -0.2) is 0 Å². The zero-order valence-electron chi connectivity index (χ0n) is 4.52. The third kappa shape index (κ3) is 42.2. The monoisotopic (exact) mass is 192 g/mol. The van der Waals surface area contributed by atoms with Gasteiger partial charge in [-0.2, -0.15) is 0 Å². The Bertz CT molecular complexity index is 121. The summed E-state index contributed by atoms with van der Waals surface area (Å²) in [5.41, 5.74) is 0. The molecule has 0 aliphatic rings. The second-order valence-electron chi connectivity index (χ2n) is 0.963. The first-order chi connectivity index (χ1) is 4.29. The van der Waals surface area contributed by atoms with Gasteiger partial charge in [-0.3, -0.25) is 9.36 Å². The van der Waals surface area contributed by atoms with Crippen LogP contribution in [0.3, 0.4) is 0 Å². The number of hydrogen-bond acceptors (Lipinski definition) is 5. The Balaban J connectivity index is 0. The minimum Gasteiger partial charge on any atom is -0.328 e. The van der Waals surface area contributed by atoms with E-state index in [0.29, 0.717) is 0 Å². The molecule has 0 aromatic heterocycles. The number of hydrogen-bond donors (Lipinski definition) is 5. The van der Waals surface area contributed by atoms with Gasteiger partial charge in [-0.15, -0.1) is 0 Å². The van der Waals surface area contributed by atoms with E-state index < -0.39 is 22.2 Å². The molecule has 0 atom stereocenters. The molecular formula is CH6O7P2. The van der Waals surface area contributed by atoms with Crippen LogP contribution in [0.5, 0.6) is 0 Å². The van der Waals surface area contributed by atoms with Crippen molar-refractivity contribution in [1.82, 2.24) is 0 Å². The Morgan fingerprint density at radius 1 is 1.20 bits per heavy atom. The SMILES string of the molecule is O=CP(=O)(O)O.OP(O)O. The molecule has 5 N–H and O–H groups in total. The Labute approximate surface area is 57.1 Å². The van der Waals surface area contributed by atoms with Crippen molar-refractivity contribution in [2.24, 2.45) is 0 Å². The van der Waals surface area contributed by atoms with Gasteiger partial charge in [0, 0.05) is 0 Å². The van der Waals surface area contributed by atoms with E-state index in [1.807, 2.05) is 0 Å². The van der Waals surface area contributed by atoms with E-state index in [1.54, 1.807) is 0 Å². The standard InChI is InChI=1S/CH3O4P.H3O3P/c2-1-6(3,4)5;1-4(2)3/h1H,(H2,3,4,5);1-3H. The summed E-state index contributed by atoms with van der Waals surface area (Å²) >= 11 is 0. The Morgan fingerprint density at radius 3 is 1.30 bits per heavy atom. The smallest absolute Gasteiger partial charge is 0.328 e. The van der Waals surface area contributed by atoms with Gasteiger partial charge in [0.05, 0.1) is 0 Å². The van der Waals surface area contributed by atoms with Crippen LogP contribution in [0.25, 0.3) is 0 Å². The van der Waals surface area contributed by atoms with Gasteiger partial charge in [-0.05, 0) is 0 Å². The van der Waals surface area contributed by atoms with E-state index in [1.165, 1.54) is 0 Å². The van der Waals surface area contributed by atoms with Crippen molar-refractivity contribution in [2.75, 3.05) is 0 Å². The quantitative estimate of drug-likeness (QED) is 0.253. The van der Waals surface area contributed by atoms with Crippen LogP contribution < -0.4 is 0 Å². The van der Waals surface area contributed by atoms with Gasteiger partial charge in [0.15, 0.2) is 0 Å². The molecule has 62 valence electrons. The van der Waals surface area contributed by atoms with Crippen molar-refractivity contribution in [2.45, 2.75) is 0 Å². The molecular weight excluding hydrogens is 186 g/mol. The Morgan fingerprint density at radius 2 is 1.30 bits per heavy atom. The molecule has 0 amide bonds.